The normalized spacial score (nSPS) is 43.6. The van der Waals surface area contributed by atoms with Crippen LogP contribution >= 0.6 is 0 Å². The molecule has 3 nitrogen and oxygen atoms in total. The van der Waals surface area contributed by atoms with Gasteiger partial charge >= 0.3 is 5.97 Å². The van der Waals surface area contributed by atoms with Gasteiger partial charge in [0.05, 0.1) is 6.10 Å². The zero-order valence-electron chi connectivity index (χ0n) is 11.0. The topological polar surface area (TPSA) is 46.5 Å². The monoisotopic (exact) mass is 248 g/mol. The molecule has 1 N–H and O–H groups in total. The second-order valence-electron chi connectivity index (χ2n) is 6.26. The summed E-state index contributed by atoms with van der Waals surface area (Å²) < 4.78 is 5.43. The quantitative estimate of drug-likeness (QED) is 0.406. The van der Waals surface area contributed by atoms with E-state index in [0.717, 1.165) is 31.3 Å². The molecular weight excluding hydrogens is 228 g/mol. The Morgan fingerprint density at radius 1 is 1.50 bits per heavy atom. The molecule has 1 saturated carbocycles. The first-order valence-corrected chi connectivity index (χ1v) is 6.70. The smallest absolute Gasteiger partial charge is 0.334 e. The average Bonchev–Trinajstić information content (AvgIpc) is 2.58. The fraction of sp³-hybridized carbons (Fsp3) is 0.667. The number of rotatable bonds is 0. The van der Waals surface area contributed by atoms with Crippen molar-refractivity contribution in [1.82, 2.24) is 0 Å². The molecule has 2 aliphatic carbocycles. The third-order valence-corrected chi connectivity index (χ3v) is 5.17. The highest BCUT2D eigenvalue weighted by Crippen LogP contribution is 2.54. The molecule has 0 radical (unpaired) electrons. The Morgan fingerprint density at radius 3 is 2.94 bits per heavy atom. The summed E-state index contributed by atoms with van der Waals surface area (Å²) in [5.41, 5.74) is 3.15. The predicted molar refractivity (Wildman–Crippen MR) is 67.8 cm³/mol. The number of ether oxygens (including phenoxy) is 1. The van der Waals surface area contributed by atoms with Crippen LogP contribution in [0, 0.1) is 11.3 Å². The van der Waals surface area contributed by atoms with Crippen LogP contribution in [0.15, 0.2) is 23.3 Å². The molecule has 1 heterocycles. The predicted octanol–water partition coefficient (Wildman–Crippen LogP) is 2.36. The van der Waals surface area contributed by atoms with Crippen LogP contribution < -0.4 is 0 Å². The van der Waals surface area contributed by atoms with E-state index in [0.29, 0.717) is 5.57 Å². The summed E-state index contributed by atoms with van der Waals surface area (Å²) in [4.78, 5) is 11.6. The molecule has 3 heteroatoms. The van der Waals surface area contributed by atoms with Crippen LogP contribution in [0.3, 0.4) is 0 Å². The molecule has 3 aliphatic rings. The van der Waals surface area contributed by atoms with Gasteiger partial charge in [0.25, 0.3) is 0 Å². The number of aliphatic hydroxyl groups excluding tert-OH is 1. The average molecular weight is 248 g/mol. The summed E-state index contributed by atoms with van der Waals surface area (Å²) in [7, 11) is 0. The molecule has 18 heavy (non-hydrogen) atoms. The van der Waals surface area contributed by atoms with E-state index in [-0.39, 0.29) is 29.5 Å². The Hall–Kier alpha value is -1.09. The maximum absolute atomic E-state index is 11.6. The maximum atomic E-state index is 11.6. The third kappa shape index (κ3) is 1.50. The molecule has 0 aromatic heterocycles. The Balaban J connectivity index is 2.00. The van der Waals surface area contributed by atoms with Crippen molar-refractivity contribution < 1.29 is 14.6 Å². The standard InChI is InChI=1S/C15H20O3/c1-8-10-6-11-9(2)12(16)4-5-15(11,3)7-13(10)18-14(8)17/h10,12-13,16H,1,4-7H2,2-3H3. The summed E-state index contributed by atoms with van der Waals surface area (Å²) in [6.07, 6.45) is 3.19. The van der Waals surface area contributed by atoms with Crippen LogP contribution in [0.1, 0.15) is 39.5 Å². The van der Waals surface area contributed by atoms with Crippen molar-refractivity contribution in [3.8, 4) is 0 Å². The number of allylic oxidation sites excluding steroid dienone is 1. The number of aliphatic hydroxyl groups is 1. The second-order valence-corrected chi connectivity index (χ2v) is 6.26. The van der Waals surface area contributed by atoms with Crippen molar-refractivity contribution in [2.45, 2.75) is 51.7 Å². The molecule has 0 aromatic rings. The first kappa shape index (κ1) is 12.0. The van der Waals surface area contributed by atoms with Crippen molar-refractivity contribution in [2.24, 2.45) is 11.3 Å². The van der Waals surface area contributed by atoms with E-state index in [1.807, 2.05) is 6.92 Å². The van der Waals surface area contributed by atoms with Gasteiger partial charge in [0.15, 0.2) is 0 Å². The lowest BCUT2D eigenvalue weighted by atomic mass is 9.60. The van der Waals surface area contributed by atoms with E-state index in [1.54, 1.807) is 0 Å². The van der Waals surface area contributed by atoms with E-state index >= 15 is 0 Å². The molecule has 1 aliphatic heterocycles. The fourth-order valence-corrected chi connectivity index (χ4v) is 3.91. The fourth-order valence-electron chi connectivity index (χ4n) is 3.91. The van der Waals surface area contributed by atoms with Crippen LogP contribution in [0.5, 0.6) is 0 Å². The van der Waals surface area contributed by atoms with Gasteiger partial charge in [0, 0.05) is 11.5 Å². The number of esters is 1. The van der Waals surface area contributed by atoms with Crippen molar-refractivity contribution >= 4 is 5.97 Å². The molecular formula is C15H20O3. The Kier molecular flexibility index (Phi) is 2.46. The minimum absolute atomic E-state index is 0.00166. The lowest BCUT2D eigenvalue weighted by molar-refractivity contribution is -0.140. The molecule has 0 aromatic carbocycles. The first-order valence-electron chi connectivity index (χ1n) is 6.70. The molecule has 0 bridgehead atoms. The van der Waals surface area contributed by atoms with Crippen LogP contribution in [-0.2, 0) is 9.53 Å². The SMILES string of the molecule is C=C1C(=O)OC2CC3(C)CCC(O)C(C)=C3CC12. The Labute approximate surface area is 108 Å². The van der Waals surface area contributed by atoms with Crippen molar-refractivity contribution in [2.75, 3.05) is 0 Å². The molecule has 98 valence electrons. The van der Waals surface area contributed by atoms with Crippen LogP contribution in [0.4, 0.5) is 0 Å². The minimum Gasteiger partial charge on any atom is -0.458 e. The van der Waals surface area contributed by atoms with Crippen molar-refractivity contribution in [3.63, 3.8) is 0 Å². The number of hydrogen-bond donors (Lipinski definition) is 1. The summed E-state index contributed by atoms with van der Waals surface area (Å²) in [6, 6.07) is 0. The summed E-state index contributed by atoms with van der Waals surface area (Å²) in [5.74, 6) is -0.105. The largest absolute Gasteiger partial charge is 0.458 e. The van der Waals surface area contributed by atoms with Crippen molar-refractivity contribution in [3.05, 3.63) is 23.3 Å². The van der Waals surface area contributed by atoms with E-state index in [9.17, 15) is 9.90 Å². The highest BCUT2D eigenvalue weighted by molar-refractivity contribution is 5.91. The third-order valence-electron chi connectivity index (χ3n) is 5.17. The number of carbonyl (C=O) groups excluding carboxylic acids is 1. The van der Waals surface area contributed by atoms with Gasteiger partial charge in [-0.15, -0.1) is 0 Å². The van der Waals surface area contributed by atoms with Gasteiger partial charge in [0.2, 0.25) is 0 Å². The molecule has 4 atom stereocenters. The zero-order chi connectivity index (χ0) is 13.1. The van der Waals surface area contributed by atoms with E-state index < -0.39 is 0 Å². The van der Waals surface area contributed by atoms with E-state index in [4.69, 9.17) is 4.74 Å². The molecule has 4 unspecified atom stereocenters. The second kappa shape index (κ2) is 3.70. The number of fused-ring (bicyclic) bond motifs is 2. The van der Waals surface area contributed by atoms with Crippen LogP contribution in [0.2, 0.25) is 0 Å². The summed E-state index contributed by atoms with van der Waals surface area (Å²) in [5, 5.41) is 10.0. The van der Waals surface area contributed by atoms with Gasteiger partial charge in [-0.3, -0.25) is 0 Å². The van der Waals surface area contributed by atoms with Crippen LogP contribution in [0.25, 0.3) is 0 Å². The molecule has 1 saturated heterocycles. The lowest BCUT2D eigenvalue weighted by Gasteiger charge is -2.46. The minimum atomic E-state index is -0.309. The zero-order valence-corrected chi connectivity index (χ0v) is 11.0. The maximum Gasteiger partial charge on any atom is 0.334 e. The highest BCUT2D eigenvalue weighted by Gasteiger charge is 2.50. The lowest BCUT2D eigenvalue weighted by Crippen LogP contribution is -2.40. The molecule has 3 rings (SSSR count). The number of hydrogen-bond acceptors (Lipinski definition) is 3. The molecule has 0 amide bonds. The summed E-state index contributed by atoms with van der Waals surface area (Å²) >= 11 is 0. The molecule has 0 spiro atoms. The van der Waals surface area contributed by atoms with Gasteiger partial charge in [-0.05, 0) is 43.6 Å². The molecule has 2 fully saturated rings. The Bertz CT molecular complexity index is 462. The van der Waals surface area contributed by atoms with Gasteiger partial charge in [-0.2, -0.15) is 0 Å². The van der Waals surface area contributed by atoms with E-state index in [1.165, 1.54) is 5.57 Å². The van der Waals surface area contributed by atoms with Gasteiger partial charge in [-0.25, -0.2) is 4.79 Å². The van der Waals surface area contributed by atoms with Crippen molar-refractivity contribution in [1.29, 1.82) is 0 Å². The number of carbonyl (C=O) groups is 1. The van der Waals surface area contributed by atoms with Gasteiger partial charge in [-0.1, -0.05) is 19.1 Å². The van der Waals surface area contributed by atoms with Crippen LogP contribution in [-0.4, -0.2) is 23.3 Å². The van der Waals surface area contributed by atoms with Gasteiger partial charge < -0.3 is 9.84 Å². The van der Waals surface area contributed by atoms with E-state index in [2.05, 4.69) is 13.5 Å². The highest BCUT2D eigenvalue weighted by atomic mass is 16.6. The first-order chi connectivity index (χ1) is 8.42. The van der Waals surface area contributed by atoms with Gasteiger partial charge in [0.1, 0.15) is 6.10 Å². The Morgan fingerprint density at radius 2 is 2.22 bits per heavy atom. The summed E-state index contributed by atoms with van der Waals surface area (Å²) in [6.45, 7) is 8.13.